The van der Waals surface area contributed by atoms with Crippen molar-refractivity contribution in [1.29, 1.82) is 0 Å². The van der Waals surface area contributed by atoms with Gasteiger partial charge in [-0.15, -0.1) is 0 Å². The molecule has 7 heteroatoms. The first kappa shape index (κ1) is 19.2. The second-order valence-corrected chi connectivity index (χ2v) is 9.05. The normalized spacial score (nSPS) is 27.1. The van der Waals surface area contributed by atoms with Crippen LogP contribution in [0.1, 0.15) is 50.4 Å². The van der Waals surface area contributed by atoms with Crippen LogP contribution in [0.25, 0.3) is 0 Å². The molecule has 28 heavy (non-hydrogen) atoms. The molecule has 0 aromatic heterocycles. The molecule has 3 aliphatic rings. The molecule has 1 aromatic rings. The quantitative estimate of drug-likeness (QED) is 0.774. The topological polar surface area (TPSA) is 79.9 Å². The van der Waals surface area contributed by atoms with Gasteiger partial charge in [0, 0.05) is 30.6 Å². The molecule has 0 spiro atoms. The van der Waals surface area contributed by atoms with Crippen LogP contribution in [0.4, 0.5) is 0 Å². The first-order valence-electron chi connectivity index (χ1n) is 10.1. The Hall–Kier alpha value is -2.12. The molecule has 3 aliphatic heterocycles. The van der Waals surface area contributed by atoms with Crippen LogP contribution in [0.5, 0.6) is 11.5 Å². The number of fused-ring (bicyclic) bond motifs is 1. The number of Topliss-reactive ketones (excluding diaryl/α,β-unsaturated/α-hetero) is 1. The lowest BCUT2D eigenvalue weighted by molar-refractivity contribution is -0.134. The summed E-state index contributed by atoms with van der Waals surface area (Å²) in [6, 6.07) is 5.33. The van der Waals surface area contributed by atoms with Gasteiger partial charge in [0.1, 0.15) is 6.04 Å². The average molecular weight is 387 g/mol. The predicted octanol–water partition coefficient (Wildman–Crippen LogP) is 2.12. The van der Waals surface area contributed by atoms with Crippen LogP contribution in [0.15, 0.2) is 18.2 Å². The van der Waals surface area contributed by atoms with Gasteiger partial charge in [-0.2, -0.15) is 0 Å². The number of rotatable bonds is 3. The highest BCUT2D eigenvalue weighted by molar-refractivity contribution is 5.99. The van der Waals surface area contributed by atoms with Gasteiger partial charge in [-0.3, -0.25) is 15.0 Å². The molecule has 0 saturated carbocycles. The van der Waals surface area contributed by atoms with Gasteiger partial charge >= 0.3 is 0 Å². The number of carbonyl (C=O) groups excluding carboxylic acids is 2. The molecule has 0 bridgehead atoms. The van der Waals surface area contributed by atoms with Gasteiger partial charge in [-0.25, -0.2) is 5.43 Å². The molecule has 1 amide bonds. The highest BCUT2D eigenvalue weighted by Gasteiger charge is 2.39. The van der Waals surface area contributed by atoms with Crippen LogP contribution in [0.2, 0.25) is 0 Å². The van der Waals surface area contributed by atoms with E-state index in [-0.39, 0.29) is 41.9 Å². The predicted molar refractivity (Wildman–Crippen MR) is 104 cm³/mol. The van der Waals surface area contributed by atoms with Crippen LogP contribution in [0.3, 0.4) is 0 Å². The van der Waals surface area contributed by atoms with Gasteiger partial charge in [-0.05, 0) is 42.9 Å². The molecule has 2 N–H and O–H groups in total. The highest BCUT2D eigenvalue weighted by atomic mass is 16.7. The maximum atomic E-state index is 13.0. The van der Waals surface area contributed by atoms with Gasteiger partial charge in [0.15, 0.2) is 17.3 Å². The second kappa shape index (κ2) is 7.37. The van der Waals surface area contributed by atoms with Crippen molar-refractivity contribution < 1.29 is 19.1 Å². The van der Waals surface area contributed by atoms with E-state index in [9.17, 15) is 9.59 Å². The van der Waals surface area contributed by atoms with Gasteiger partial charge in [-0.1, -0.05) is 20.8 Å². The Labute approximate surface area is 165 Å². The summed E-state index contributed by atoms with van der Waals surface area (Å²) in [4.78, 5) is 27.9. The summed E-state index contributed by atoms with van der Waals surface area (Å²) in [6.07, 6.45) is 2.41. The van der Waals surface area contributed by atoms with Crippen molar-refractivity contribution in [3.63, 3.8) is 0 Å². The first-order valence-corrected chi connectivity index (χ1v) is 10.1. The molecule has 152 valence electrons. The minimum absolute atomic E-state index is 0.0703. The zero-order valence-corrected chi connectivity index (χ0v) is 16.8. The molecule has 4 rings (SSSR count). The van der Waals surface area contributed by atoms with Gasteiger partial charge in [0.25, 0.3) is 0 Å². The lowest BCUT2D eigenvalue weighted by Crippen LogP contribution is -2.50. The number of ketones is 1. The van der Waals surface area contributed by atoms with Crippen LogP contribution in [-0.4, -0.2) is 48.6 Å². The number of nitrogens with one attached hydrogen (secondary N) is 2. The van der Waals surface area contributed by atoms with Crippen LogP contribution >= 0.6 is 0 Å². The number of likely N-dealkylation sites (tertiary alicyclic amines) is 1. The maximum Gasteiger partial charge on any atom is 0.241 e. The fourth-order valence-electron chi connectivity index (χ4n) is 4.18. The summed E-state index contributed by atoms with van der Waals surface area (Å²) in [7, 11) is 0. The van der Waals surface area contributed by atoms with E-state index in [2.05, 4.69) is 31.6 Å². The van der Waals surface area contributed by atoms with Crippen molar-refractivity contribution in [2.24, 2.45) is 11.3 Å². The molecular formula is C21H29N3O4. The number of hydrazine groups is 1. The van der Waals surface area contributed by atoms with Crippen LogP contribution < -0.4 is 20.3 Å². The van der Waals surface area contributed by atoms with E-state index in [0.717, 1.165) is 19.3 Å². The SMILES string of the molecule is CC(C)(C)C1CC(C(=O)N2CCC[C@H](C(=O)c3ccc4c(c3)OCO4)C2)NN1. The number of ether oxygens (including phenoxy) is 2. The third-order valence-electron chi connectivity index (χ3n) is 6.01. The maximum absolute atomic E-state index is 13.0. The smallest absolute Gasteiger partial charge is 0.241 e. The Morgan fingerprint density at radius 1 is 1.14 bits per heavy atom. The van der Waals surface area contributed by atoms with Crippen molar-refractivity contribution in [2.45, 2.75) is 52.1 Å². The second-order valence-electron chi connectivity index (χ2n) is 9.05. The van der Waals surface area contributed by atoms with E-state index >= 15 is 0 Å². The Morgan fingerprint density at radius 2 is 1.93 bits per heavy atom. The summed E-state index contributed by atoms with van der Waals surface area (Å²) in [5.41, 5.74) is 7.13. The first-order chi connectivity index (χ1) is 13.3. The molecule has 3 atom stereocenters. The summed E-state index contributed by atoms with van der Waals surface area (Å²) >= 11 is 0. The molecule has 2 unspecified atom stereocenters. The number of benzene rings is 1. The highest BCUT2D eigenvalue weighted by Crippen LogP contribution is 2.34. The third kappa shape index (κ3) is 3.73. The zero-order chi connectivity index (χ0) is 19.9. The molecule has 3 heterocycles. The van der Waals surface area contributed by atoms with Gasteiger partial charge < -0.3 is 14.4 Å². The number of piperidine rings is 1. The van der Waals surface area contributed by atoms with Crippen molar-refractivity contribution in [2.75, 3.05) is 19.9 Å². The van der Waals surface area contributed by atoms with Crippen molar-refractivity contribution >= 4 is 11.7 Å². The summed E-state index contributed by atoms with van der Waals surface area (Å²) in [5, 5.41) is 0. The van der Waals surface area contributed by atoms with Crippen LogP contribution in [-0.2, 0) is 4.79 Å². The van der Waals surface area contributed by atoms with Crippen molar-refractivity contribution in [3.8, 4) is 11.5 Å². The van der Waals surface area contributed by atoms with E-state index < -0.39 is 0 Å². The lowest BCUT2D eigenvalue weighted by atomic mass is 9.84. The lowest BCUT2D eigenvalue weighted by Gasteiger charge is -2.33. The summed E-state index contributed by atoms with van der Waals surface area (Å²) in [6.45, 7) is 7.88. The van der Waals surface area contributed by atoms with Gasteiger partial charge in [0.2, 0.25) is 12.7 Å². The van der Waals surface area contributed by atoms with Crippen molar-refractivity contribution in [1.82, 2.24) is 15.8 Å². The summed E-state index contributed by atoms with van der Waals surface area (Å²) < 4.78 is 10.7. The molecule has 1 aromatic carbocycles. The van der Waals surface area contributed by atoms with E-state index in [1.807, 2.05) is 4.90 Å². The van der Waals surface area contributed by atoms with E-state index in [1.54, 1.807) is 18.2 Å². The fourth-order valence-corrected chi connectivity index (χ4v) is 4.18. The monoisotopic (exact) mass is 387 g/mol. The van der Waals surface area contributed by atoms with E-state index in [4.69, 9.17) is 9.47 Å². The number of nitrogens with zero attached hydrogens (tertiary/aromatic N) is 1. The molecular weight excluding hydrogens is 358 g/mol. The zero-order valence-electron chi connectivity index (χ0n) is 16.8. The molecule has 0 radical (unpaired) electrons. The molecule has 7 nitrogen and oxygen atoms in total. The van der Waals surface area contributed by atoms with E-state index in [0.29, 0.717) is 30.2 Å². The van der Waals surface area contributed by atoms with Crippen LogP contribution in [0, 0.1) is 11.3 Å². The molecule has 2 saturated heterocycles. The van der Waals surface area contributed by atoms with Crippen molar-refractivity contribution in [3.05, 3.63) is 23.8 Å². The number of amides is 1. The minimum atomic E-state index is -0.233. The third-order valence-corrected chi connectivity index (χ3v) is 6.01. The fraction of sp³-hybridized carbons (Fsp3) is 0.619. The Kier molecular flexibility index (Phi) is 5.05. The largest absolute Gasteiger partial charge is 0.454 e. The minimum Gasteiger partial charge on any atom is -0.454 e. The Morgan fingerprint density at radius 3 is 2.68 bits per heavy atom. The number of carbonyl (C=O) groups is 2. The molecule has 2 fully saturated rings. The average Bonchev–Trinajstić information content (AvgIpc) is 3.35. The van der Waals surface area contributed by atoms with E-state index in [1.165, 1.54) is 0 Å². The number of hydrogen-bond acceptors (Lipinski definition) is 6. The Balaban J connectivity index is 1.40. The molecule has 0 aliphatic carbocycles. The van der Waals surface area contributed by atoms with Gasteiger partial charge in [0.05, 0.1) is 0 Å². The number of hydrogen-bond donors (Lipinski definition) is 2. The Bertz CT molecular complexity index is 773. The summed E-state index contributed by atoms with van der Waals surface area (Å²) in [5.74, 6) is 1.27. The standard InChI is InChI=1S/C21H29N3O4/c1-21(2,3)18-10-15(22-23-18)20(26)24-8-4-5-14(11-24)19(25)13-6-7-16-17(9-13)28-12-27-16/h6-7,9,14-15,18,22-23H,4-5,8,10-12H2,1-3H3/t14-,15?,18?/m0/s1.